The summed E-state index contributed by atoms with van der Waals surface area (Å²) in [6.07, 6.45) is 12.1. The van der Waals surface area contributed by atoms with Crippen molar-refractivity contribution in [1.29, 1.82) is 0 Å². The van der Waals surface area contributed by atoms with Crippen molar-refractivity contribution >= 4 is 6.29 Å². The summed E-state index contributed by atoms with van der Waals surface area (Å²) in [6.45, 7) is 0.595. The number of hydrogen-bond donors (Lipinski definition) is 0. The predicted molar refractivity (Wildman–Crippen MR) is 52.6 cm³/mol. The van der Waals surface area contributed by atoms with Crippen molar-refractivity contribution in [3.63, 3.8) is 0 Å². The SMILES string of the molecule is O=CCCOC1CC/C=C/CCC1. The summed E-state index contributed by atoms with van der Waals surface area (Å²) in [7, 11) is 0. The number of allylic oxidation sites excluding steroid dienone is 2. The van der Waals surface area contributed by atoms with E-state index >= 15 is 0 Å². The van der Waals surface area contributed by atoms with E-state index in [9.17, 15) is 4.79 Å². The van der Waals surface area contributed by atoms with Crippen molar-refractivity contribution in [2.24, 2.45) is 0 Å². The zero-order chi connectivity index (χ0) is 9.36. The predicted octanol–water partition coefficient (Wildman–Crippen LogP) is 2.48. The largest absolute Gasteiger partial charge is 0.378 e. The fraction of sp³-hybridized carbons (Fsp3) is 0.727. The topological polar surface area (TPSA) is 26.3 Å². The van der Waals surface area contributed by atoms with E-state index in [1.165, 1.54) is 12.8 Å². The molecule has 0 aromatic rings. The second kappa shape index (κ2) is 6.84. The van der Waals surface area contributed by atoms with Gasteiger partial charge in [0.15, 0.2) is 0 Å². The van der Waals surface area contributed by atoms with E-state index in [1.54, 1.807) is 0 Å². The van der Waals surface area contributed by atoms with Crippen LogP contribution >= 0.6 is 0 Å². The highest BCUT2D eigenvalue weighted by Crippen LogP contribution is 2.15. The first-order chi connectivity index (χ1) is 6.43. The maximum absolute atomic E-state index is 10.1. The van der Waals surface area contributed by atoms with Crippen molar-refractivity contribution in [3.8, 4) is 0 Å². The van der Waals surface area contributed by atoms with Gasteiger partial charge in [0.1, 0.15) is 6.29 Å². The first-order valence-electron chi connectivity index (χ1n) is 5.13. The van der Waals surface area contributed by atoms with Gasteiger partial charge in [-0.25, -0.2) is 0 Å². The molecule has 74 valence electrons. The standard InChI is InChI=1S/C11H18O2/c12-9-6-10-13-11-7-4-2-1-3-5-8-11/h1-2,9,11H,3-8,10H2/b2-1+. The summed E-state index contributed by atoms with van der Waals surface area (Å²) in [5.41, 5.74) is 0. The Morgan fingerprint density at radius 1 is 1.31 bits per heavy atom. The van der Waals surface area contributed by atoms with Crippen LogP contribution in [-0.2, 0) is 9.53 Å². The molecular formula is C11H18O2. The molecule has 0 fully saturated rings. The molecule has 0 heterocycles. The fourth-order valence-electron chi connectivity index (χ4n) is 1.58. The average molecular weight is 182 g/mol. The van der Waals surface area contributed by atoms with Gasteiger partial charge in [-0.1, -0.05) is 12.2 Å². The van der Waals surface area contributed by atoms with Crippen LogP contribution in [0.4, 0.5) is 0 Å². The van der Waals surface area contributed by atoms with Gasteiger partial charge in [-0.3, -0.25) is 0 Å². The average Bonchev–Trinajstić information content (AvgIpc) is 2.08. The summed E-state index contributed by atoms with van der Waals surface area (Å²) < 4.78 is 5.59. The summed E-state index contributed by atoms with van der Waals surface area (Å²) in [4.78, 5) is 10.1. The zero-order valence-corrected chi connectivity index (χ0v) is 8.08. The summed E-state index contributed by atoms with van der Waals surface area (Å²) in [5.74, 6) is 0. The van der Waals surface area contributed by atoms with Crippen molar-refractivity contribution in [2.75, 3.05) is 6.61 Å². The van der Waals surface area contributed by atoms with Crippen LogP contribution in [0, 0.1) is 0 Å². The highest BCUT2D eigenvalue weighted by molar-refractivity contribution is 5.49. The van der Waals surface area contributed by atoms with Gasteiger partial charge in [-0.2, -0.15) is 0 Å². The Morgan fingerprint density at radius 2 is 2.15 bits per heavy atom. The molecule has 1 unspecified atom stereocenters. The van der Waals surface area contributed by atoms with Crippen LogP contribution < -0.4 is 0 Å². The number of ether oxygens (including phenoxy) is 1. The van der Waals surface area contributed by atoms with Crippen LogP contribution in [0.1, 0.15) is 38.5 Å². The number of rotatable bonds is 4. The Morgan fingerprint density at radius 3 is 3.00 bits per heavy atom. The van der Waals surface area contributed by atoms with Gasteiger partial charge >= 0.3 is 0 Å². The summed E-state index contributed by atoms with van der Waals surface area (Å²) in [5, 5.41) is 0. The molecule has 1 rings (SSSR count). The molecule has 0 aromatic carbocycles. The number of aldehydes is 1. The molecule has 0 aromatic heterocycles. The fourth-order valence-corrected chi connectivity index (χ4v) is 1.58. The van der Waals surface area contributed by atoms with Gasteiger partial charge in [0.05, 0.1) is 12.7 Å². The monoisotopic (exact) mass is 182 g/mol. The third-order valence-corrected chi connectivity index (χ3v) is 2.31. The van der Waals surface area contributed by atoms with Crippen LogP contribution in [0.3, 0.4) is 0 Å². The van der Waals surface area contributed by atoms with Gasteiger partial charge in [0.2, 0.25) is 0 Å². The van der Waals surface area contributed by atoms with E-state index in [-0.39, 0.29) is 0 Å². The van der Waals surface area contributed by atoms with Crippen molar-refractivity contribution in [3.05, 3.63) is 12.2 Å². The van der Waals surface area contributed by atoms with Gasteiger partial charge in [0, 0.05) is 6.42 Å². The lowest BCUT2D eigenvalue weighted by atomic mass is 10.0. The van der Waals surface area contributed by atoms with Crippen LogP contribution in [0.5, 0.6) is 0 Å². The van der Waals surface area contributed by atoms with E-state index in [4.69, 9.17) is 4.74 Å². The molecule has 2 nitrogen and oxygen atoms in total. The third-order valence-electron chi connectivity index (χ3n) is 2.31. The minimum Gasteiger partial charge on any atom is -0.378 e. The minimum absolute atomic E-state index is 0.380. The zero-order valence-electron chi connectivity index (χ0n) is 8.08. The third kappa shape index (κ3) is 4.83. The molecule has 0 radical (unpaired) electrons. The lowest BCUT2D eigenvalue weighted by Gasteiger charge is -2.17. The maximum atomic E-state index is 10.1. The summed E-state index contributed by atoms with van der Waals surface area (Å²) in [6, 6.07) is 0. The van der Waals surface area contributed by atoms with E-state index in [0.29, 0.717) is 19.1 Å². The molecule has 0 saturated heterocycles. The molecule has 1 aliphatic rings. The van der Waals surface area contributed by atoms with Gasteiger partial charge in [-0.05, 0) is 32.1 Å². The molecule has 0 bridgehead atoms. The van der Waals surface area contributed by atoms with Gasteiger partial charge in [-0.15, -0.1) is 0 Å². The van der Waals surface area contributed by atoms with Gasteiger partial charge < -0.3 is 9.53 Å². The molecule has 0 saturated carbocycles. The quantitative estimate of drug-likeness (QED) is 0.379. The van der Waals surface area contributed by atoms with Crippen LogP contribution in [0.15, 0.2) is 12.2 Å². The van der Waals surface area contributed by atoms with Crippen molar-refractivity contribution in [1.82, 2.24) is 0 Å². The Hall–Kier alpha value is -0.630. The molecule has 0 spiro atoms. The first kappa shape index (κ1) is 10.5. The molecule has 1 atom stereocenters. The molecule has 2 heteroatoms. The molecule has 0 N–H and O–H groups in total. The van der Waals surface area contributed by atoms with E-state index < -0.39 is 0 Å². The first-order valence-corrected chi connectivity index (χ1v) is 5.13. The number of carbonyl (C=O) groups excluding carboxylic acids is 1. The normalized spacial score (nSPS) is 26.0. The van der Waals surface area contributed by atoms with Crippen LogP contribution in [-0.4, -0.2) is 19.0 Å². The molecule has 13 heavy (non-hydrogen) atoms. The van der Waals surface area contributed by atoms with Crippen LogP contribution in [0.25, 0.3) is 0 Å². The number of carbonyl (C=O) groups is 1. The Bertz CT molecular complexity index is 163. The van der Waals surface area contributed by atoms with E-state index in [1.807, 2.05) is 0 Å². The Kier molecular flexibility index (Phi) is 5.50. The van der Waals surface area contributed by atoms with E-state index in [0.717, 1.165) is 25.5 Å². The summed E-state index contributed by atoms with van der Waals surface area (Å²) >= 11 is 0. The lowest BCUT2D eigenvalue weighted by molar-refractivity contribution is -0.109. The molecule has 0 aliphatic heterocycles. The Balaban J connectivity index is 2.15. The molecule has 1 aliphatic carbocycles. The van der Waals surface area contributed by atoms with Gasteiger partial charge in [0.25, 0.3) is 0 Å². The maximum Gasteiger partial charge on any atom is 0.122 e. The second-order valence-electron chi connectivity index (χ2n) is 3.43. The highest BCUT2D eigenvalue weighted by atomic mass is 16.5. The Labute approximate surface area is 80.0 Å². The molecular weight excluding hydrogens is 164 g/mol. The smallest absolute Gasteiger partial charge is 0.122 e. The minimum atomic E-state index is 0.380. The molecule has 0 amide bonds. The van der Waals surface area contributed by atoms with E-state index in [2.05, 4.69) is 12.2 Å². The highest BCUT2D eigenvalue weighted by Gasteiger charge is 2.08. The second-order valence-corrected chi connectivity index (χ2v) is 3.43. The lowest BCUT2D eigenvalue weighted by Crippen LogP contribution is -2.14. The number of hydrogen-bond acceptors (Lipinski definition) is 2. The van der Waals surface area contributed by atoms with Crippen molar-refractivity contribution in [2.45, 2.75) is 44.6 Å². The van der Waals surface area contributed by atoms with Crippen molar-refractivity contribution < 1.29 is 9.53 Å². The van der Waals surface area contributed by atoms with Crippen LogP contribution in [0.2, 0.25) is 0 Å².